The van der Waals surface area contributed by atoms with E-state index in [1.54, 1.807) is 62.3 Å². The van der Waals surface area contributed by atoms with Crippen LogP contribution >= 0.6 is 0 Å². The Kier molecular flexibility index (Phi) is 22.3. The van der Waals surface area contributed by atoms with Crippen LogP contribution in [0.1, 0.15) is 178 Å². The molecule has 0 bridgehead atoms. The van der Waals surface area contributed by atoms with E-state index < -0.39 is 52.8 Å². The Labute approximate surface area is 285 Å². The zero-order valence-corrected chi connectivity index (χ0v) is 31.2. The zero-order valence-electron chi connectivity index (χ0n) is 31.2. The van der Waals surface area contributed by atoms with Gasteiger partial charge in [0.15, 0.2) is 0 Å². The van der Waals surface area contributed by atoms with Crippen LogP contribution in [0.25, 0.3) is 0 Å². The number of unbranched alkanes of at least 4 members (excludes halogenated alkanes) is 14. The quantitative estimate of drug-likeness (QED) is 0.0454. The van der Waals surface area contributed by atoms with Crippen molar-refractivity contribution in [2.45, 2.75) is 207 Å². The first-order valence-corrected chi connectivity index (χ1v) is 18.0. The summed E-state index contributed by atoms with van der Waals surface area (Å²) in [6, 6.07) is -2.71. The third kappa shape index (κ3) is 28.1. The highest BCUT2D eigenvalue weighted by molar-refractivity contribution is 5.87. The molecule has 0 saturated carbocycles. The number of carbonyl (C=O) groups excluding carboxylic acids is 5. The lowest BCUT2D eigenvalue weighted by Gasteiger charge is -2.27. The average Bonchev–Trinajstić information content (AvgIpc) is 2.91. The molecule has 10 nitrogen and oxygen atoms in total. The molecule has 274 valence electrons. The van der Waals surface area contributed by atoms with Crippen LogP contribution in [0.3, 0.4) is 0 Å². The first-order chi connectivity index (χ1) is 21.8. The van der Waals surface area contributed by atoms with Crippen molar-refractivity contribution in [3.8, 4) is 0 Å². The largest absolute Gasteiger partial charge is 0.460 e. The Bertz CT molecular complexity index is 915. The van der Waals surface area contributed by atoms with Gasteiger partial charge in [-0.25, -0.2) is 14.4 Å². The Morgan fingerprint density at radius 3 is 1.21 bits per heavy atom. The second kappa shape index (κ2) is 23.6. The molecular weight excluding hydrogens is 600 g/mol. The maximum absolute atomic E-state index is 13.1. The number of ether oxygens (including phenoxy) is 3. The topological polar surface area (TPSA) is 137 Å². The minimum Gasteiger partial charge on any atom is -0.460 e. The normalized spacial score (nSPS) is 13.3. The van der Waals surface area contributed by atoms with Crippen LogP contribution in [0.5, 0.6) is 0 Å². The summed E-state index contributed by atoms with van der Waals surface area (Å²) in [6.07, 6.45) is 18.0. The Morgan fingerprint density at radius 1 is 0.511 bits per heavy atom. The number of rotatable bonds is 24. The summed E-state index contributed by atoms with van der Waals surface area (Å²) in [6.45, 7) is 15.7. The van der Waals surface area contributed by atoms with Crippen molar-refractivity contribution in [3.05, 3.63) is 0 Å². The summed E-state index contributed by atoms with van der Waals surface area (Å²) in [5.74, 6) is -1.70. The summed E-state index contributed by atoms with van der Waals surface area (Å²) in [7, 11) is 0. The van der Waals surface area contributed by atoms with Crippen LogP contribution in [0.2, 0.25) is 0 Å². The molecule has 0 heterocycles. The van der Waals surface area contributed by atoms with Crippen LogP contribution in [-0.2, 0) is 33.4 Å². The molecule has 0 aliphatic rings. The van der Waals surface area contributed by atoms with Crippen molar-refractivity contribution in [1.29, 1.82) is 0 Å². The second-order valence-corrected chi connectivity index (χ2v) is 15.6. The fourth-order valence-electron chi connectivity index (χ4n) is 4.95. The van der Waals surface area contributed by atoms with Crippen molar-refractivity contribution in [2.24, 2.45) is 0 Å². The molecule has 0 radical (unpaired) electrons. The molecule has 0 rings (SSSR count). The summed E-state index contributed by atoms with van der Waals surface area (Å²) < 4.78 is 16.4. The number of amides is 2. The highest BCUT2D eigenvalue weighted by atomic mass is 16.6. The lowest BCUT2D eigenvalue weighted by molar-refractivity contribution is -0.159. The highest BCUT2D eigenvalue weighted by Gasteiger charge is 2.31. The molecule has 0 fully saturated rings. The van der Waals surface area contributed by atoms with Crippen LogP contribution in [0.15, 0.2) is 0 Å². The van der Waals surface area contributed by atoms with Gasteiger partial charge in [0.05, 0.1) is 0 Å². The van der Waals surface area contributed by atoms with Crippen molar-refractivity contribution >= 4 is 30.2 Å². The Balaban J connectivity index is 4.82. The van der Waals surface area contributed by atoms with Crippen LogP contribution in [0.4, 0.5) is 4.79 Å². The van der Waals surface area contributed by atoms with E-state index in [4.69, 9.17) is 14.2 Å². The molecule has 0 aromatic carbocycles. The number of hydrogen-bond donors (Lipinski definition) is 2. The van der Waals surface area contributed by atoms with Gasteiger partial charge in [0, 0.05) is 12.8 Å². The number of urea groups is 1. The van der Waals surface area contributed by atoms with E-state index in [1.165, 1.54) is 51.4 Å². The molecule has 47 heavy (non-hydrogen) atoms. The monoisotopic (exact) mass is 668 g/mol. The molecule has 10 heteroatoms. The molecule has 0 spiro atoms. The molecular formula is C37H68N2O8. The molecule has 2 atom stereocenters. The van der Waals surface area contributed by atoms with Gasteiger partial charge in [-0.2, -0.15) is 0 Å². The van der Waals surface area contributed by atoms with Gasteiger partial charge in [0.25, 0.3) is 0 Å². The molecule has 0 aliphatic carbocycles. The van der Waals surface area contributed by atoms with Gasteiger partial charge in [-0.05, 0) is 81.6 Å². The van der Waals surface area contributed by atoms with Gasteiger partial charge in [0.2, 0.25) is 0 Å². The number of hydrogen-bond acceptors (Lipinski definition) is 8. The van der Waals surface area contributed by atoms with Gasteiger partial charge < -0.3 is 29.6 Å². The lowest BCUT2D eigenvalue weighted by atomic mass is 10.0. The minimum atomic E-state index is -1.11. The van der Waals surface area contributed by atoms with Crippen molar-refractivity contribution in [1.82, 2.24) is 10.6 Å². The number of aldehydes is 1. The van der Waals surface area contributed by atoms with Crippen LogP contribution < -0.4 is 10.6 Å². The molecule has 2 amide bonds. The molecule has 2 N–H and O–H groups in total. The molecule has 0 saturated heterocycles. The van der Waals surface area contributed by atoms with Gasteiger partial charge in [0.1, 0.15) is 35.2 Å². The van der Waals surface area contributed by atoms with Crippen molar-refractivity contribution in [3.63, 3.8) is 0 Å². The van der Waals surface area contributed by atoms with Crippen LogP contribution in [0, 0.1) is 0 Å². The van der Waals surface area contributed by atoms with E-state index in [1.807, 2.05) is 0 Å². The maximum atomic E-state index is 13.1. The predicted molar refractivity (Wildman–Crippen MR) is 186 cm³/mol. The molecule has 0 unspecified atom stereocenters. The van der Waals surface area contributed by atoms with Gasteiger partial charge in [-0.1, -0.05) is 83.5 Å². The Hall–Kier alpha value is -2.65. The van der Waals surface area contributed by atoms with Crippen LogP contribution in [-0.4, -0.2) is 59.1 Å². The first-order valence-electron chi connectivity index (χ1n) is 18.0. The summed E-state index contributed by atoms with van der Waals surface area (Å²) in [4.78, 5) is 61.7. The fourth-order valence-corrected chi connectivity index (χ4v) is 4.95. The zero-order chi connectivity index (χ0) is 35.9. The Morgan fingerprint density at radius 2 is 0.851 bits per heavy atom. The predicted octanol–water partition coefficient (Wildman–Crippen LogP) is 8.27. The SMILES string of the molecule is CC(C)(C)OC(=O)CC[C@H](NC(=O)N[C@@H](CCCCCCCCCCCCCCCCC=O)C(=O)OC(C)(C)C)C(=O)OC(C)(C)C. The minimum absolute atomic E-state index is 0.0161. The highest BCUT2D eigenvalue weighted by Crippen LogP contribution is 2.17. The molecule has 0 aromatic rings. The van der Waals surface area contributed by atoms with Gasteiger partial charge >= 0.3 is 23.9 Å². The van der Waals surface area contributed by atoms with E-state index in [2.05, 4.69) is 10.6 Å². The fraction of sp³-hybridized carbons (Fsp3) is 0.865. The van der Waals surface area contributed by atoms with E-state index in [0.717, 1.165) is 44.8 Å². The lowest BCUT2D eigenvalue weighted by Crippen LogP contribution is -2.53. The van der Waals surface area contributed by atoms with Crippen molar-refractivity contribution in [2.75, 3.05) is 0 Å². The van der Waals surface area contributed by atoms with E-state index >= 15 is 0 Å². The third-order valence-corrected chi connectivity index (χ3v) is 7.12. The number of esters is 3. The average molecular weight is 669 g/mol. The molecule has 0 aromatic heterocycles. The van der Waals surface area contributed by atoms with E-state index in [0.29, 0.717) is 12.8 Å². The summed E-state index contributed by atoms with van der Waals surface area (Å²) >= 11 is 0. The van der Waals surface area contributed by atoms with E-state index in [9.17, 15) is 24.0 Å². The molecule has 0 aliphatic heterocycles. The third-order valence-electron chi connectivity index (χ3n) is 7.12. The number of carbonyl (C=O) groups is 5. The summed E-state index contributed by atoms with van der Waals surface area (Å²) in [5, 5.41) is 5.31. The smallest absolute Gasteiger partial charge is 0.329 e. The van der Waals surface area contributed by atoms with E-state index in [-0.39, 0.29) is 12.8 Å². The second-order valence-electron chi connectivity index (χ2n) is 15.6. The van der Waals surface area contributed by atoms with Crippen molar-refractivity contribution < 1.29 is 38.2 Å². The standard InChI is InChI=1S/C37H68N2O8/c1-35(2,3)45-31(41)27-26-30(33(43)47-37(7,8)9)39-34(44)38-29(32(42)46-36(4,5)6)25-23-21-19-17-15-13-11-10-12-14-16-18-20-22-24-28-40/h28-30H,10-27H2,1-9H3,(H2,38,39,44)/t29-,30-/m0/s1. The number of nitrogens with one attached hydrogen (secondary N) is 2. The van der Waals surface area contributed by atoms with Gasteiger partial charge in [-0.15, -0.1) is 0 Å². The summed E-state index contributed by atoms with van der Waals surface area (Å²) in [5.41, 5.74) is -2.20. The van der Waals surface area contributed by atoms with Gasteiger partial charge in [-0.3, -0.25) is 4.79 Å². The maximum Gasteiger partial charge on any atom is 0.329 e. The first kappa shape index (κ1) is 44.4.